The van der Waals surface area contributed by atoms with Crippen LogP contribution >= 0.6 is 27.5 Å². The molecule has 1 aromatic carbocycles. The molecule has 104 valence electrons. The first-order valence-corrected chi connectivity index (χ1v) is 6.72. The van der Waals surface area contributed by atoms with E-state index >= 15 is 0 Å². The van der Waals surface area contributed by atoms with Crippen molar-refractivity contribution < 1.29 is 19.0 Å². The van der Waals surface area contributed by atoms with Crippen molar-refractivity contribution in [3.05, 3.63) is 15.6 Å². The summed E-state index contributed by atoms with van der Waals surface area (Å²) in [5, 5.41) is 2.97. The van der Waals surface area contributed by atoms with Gasteiger partial charge in [0.15, 0.2) is 11.5 Å². The van der Waals surface area contributed by atoms with Gasteiger partial charge < -0.3 is 14.2 Å². The summed E-state index contributed by atoms with van der Waals surface area (Å²) in [6.45, 7) is 5.46. The summed E-state index contributed by atoms with van der Waals surface area (Å²) in [4.78, 5) is 11.7. The van der Waals surface area contributed by atoms with Crippen LogP contribution in [-0.2, 0) is 4.74 Å². The summed E-state index contributed by atoms with van der Waals surface area (Å²) in [6, 6.07) is 1.57. The van der Waals surface area contributed by atoms with Crippen molar-refractivity contribution in [2.45, 2.75) is 26.4 Å². The summed E-state index contributed by atoms with van der Waals surface area (Å²) < 4.78 is 16.2. The Hall–Kier alpha value is -1.14. The maximum Gasteiger partial charge on any atom is 0.412 e. The maximum absolute atomic E-state index is 11.7. The van der Waals surface area contributed by atoms with E-state index in [2.05, 4.69) is 21.2 Å². The van der Waals surface area contributed by atoms with E-state index < -0.39 is 11.7 Å². The van der Waals surface area contributed by atoms with Crippen LogP contribution in [0.5, 0.6) is 11.5 Å². The Balaban J connectivity index is 2.22. The van der Waals surface area contributed by atoms with Crippen molar-refractivity contribution in [2.75, 3.05) is 12.1 Å². The average Bonchev–Trinajstić information content (AvgIpc) is 2.72. The van der Waals surface area contributed by atoms with Crippen LogP contribution in [0.15, 0.2) is 10.5 Å². The van der Waals surface area contributed by atoms with Crippen molar-refractivity contribution in [1.29, 1.82) is 0 Å². The number of anilines is 1. The Kier molecular flexibility index (Phi) is 3.82. The second-order valence-corrected chi connectivity index (χ2v) is 6.11. The highest BCUT2D eigenvalue weighted by Crippen LogP contribution is 2.48. The number of nitrogens with one attached hydrogen (secondary N) is 1. The van der Waals surface area contributed by atoms with Gasteiger partial charge in [-0.05, 0) is 42.8 Å². The zero-order valence-electron chi connectivity index (χ0n) is 10.7. The third kappa shape index (κ3) is 3.25. The van der Waals surface area contributed by atoms with Crippen molar-refractivity contribution >= 4 is 39.3 Å². The standard InChI is InChI=1S/C12H13BrClNO4/c1-12(2,3)19-11(16)15-7-4-6(14)9-10(8(7)13)18-5-17-9/h4H,5H2,1-3H3,(H,15,16). The number of benzene rings is 1. The van der Waals surface area contributed by atoms with Crippen molar-refractivity contribution in [3.63, 3.8) is 0 Å². The number of rotatable bonds is 1. The lowest BCUT2D eigenvalue weighted by Gasteiger charge is -2.20. The van der Waals surface area contributed by atoms with Gasteiger partial charge in [-0.1, -0.05) is 11.6 Å². The third-order valence-electron chi connectivity index (χ3n) is 2.17. The second-order valence-electron chi connectivity index (χ2n) is 4.91. The van der Waals surface area contributed by atoms with E-state index in [4.69, 9.17) is 25.8 Å². The van der Waals surface area contributed by atoms with E-state index in [0.717, 1.165) is 0 Å². The summed E-state index contributed by atoms with van der Waals surface area (Å²) in [5.41, 5.74) is -0.111. The van der Waals surface area contributed by atoms with Crippen LogP contribution in [-0.4, -0.2) is 18.5 Å². The summed E-state index contributed by atoms with van der Waals surface area (Å²) >= 11 is 9.39. The quantitative estimate of drug-likeness (QED) is 0.825. The zero-order valence-corrected chi connectivity index (χ0v) is 13.0. The normalized spacial score (nSPS) is 13.3. The van der Waals surface area contributed by atoms with Gasteiger partial charge in [-0.25, -0.2) is 4.79 Å². The molecule has 2 rings (SSSR count). The van der Waals surface area contributed by atoms with Crippen molar-refractivity contribution in [2.24, 2.45) is 0 Å². The molecule has 1 aromatic rings. The lowest BCUT2D eigenvalue weighted by atomic mass is 10.2. The molecular formula is C12H13BrClNO4. The van der Waals surface area contributed by atoms with E-state index in [9.17, 15) is 4.79 Å². The lowest BCUT2D eigenvalue weighted by molar-refractivity contribution is 0.0636. The minimum atomic E-state index is -0.573. The first-order valence-electron chi connectivity index (χ1n) is 5.55. The fourth-order valence-electron chi connectivity index (χ4n) is 1.50. The third-order valence-corrected chi connectivity index (χ3v) is 3.24. The van der Waals surface area contributed by atoms with Crippen LogP contribution in [0.1, 0.15) is 20.8 Å². The summed E-state index contributed by atoms with van der Waals surface area (Å²) in [7, 11) is 0. The van der Waals surface area contributed by atoms with Crippen molar-refractivity contribution in [1.82, 2.24) is 0 Å². The smallest absolute Gasteiger partial charge is 0.412 e. The molecule has 0 fully saturated rings. The number of hydrogen-bond donors (Lipinski definition) is 1. The van der Waals surface area contributed by atoms with Crippen LogP contribution in [0.3, 0.4) is 0 Å². The van der Waals surface area contributed by atoms with Crippen LogP contribution < -0.4 is 14.8 Å². The molecule has 1 N–H and O–H groups in total. The topological polar surface area (TPSA) is 56.8 Å². The average molecular weight is 351 g/mol. The van der Waals surface area contributed by atoms with Crippen LogP contribution in [0.4, 0.5) is 10.5 Å². The molecule has 1 aliphatic heterocycles. The first-order chi connectivity index (χ1) is 8.78. The number of halogens is 2. The van der Waals surface area contributed by atoms with Gasteiger partial charge in [0.05, 0.1) is 15.2 Å². The highest BCUT2D eigenvalue weighted by Gasteiger charge is 2.25. The Bertz CT molecular complexity index is 527. The number of ether oxygens (including phenoxy) is 3. The lowest BCUT2D eigenvalue weighted by Crippen LogP contribution is -2.27. The Morgan fingerprint density at radius 2 is 2.05 bits per heavy atom. The van der Waals surface area contributed by atoms with Gasteiger partial charge in [-0.3, -0.25) is 5.32 Å². The monoisotopic (exact) mass is 349 g/mol. The Morgan fingerprint density at radius 1 is 1.42 bits per heavy atom. The molecular weight excluding hydrogens is 337 g/mol. The molecule has 5 nitrogen and oxygen atoms in total. The predicted octanol–water partition coefficient (Wildman–Crippen LogP) is 4.18. The summed E-state index contributed by atoms with van der Waals surface area (Å²) in [6.07, 6.45) is -0.567. The molecule has 1 aliphatic rings. The van der Waals surface area contributed by atoms with E-state index in [1.807, 2.05) is 0 Å². The van der Waals surface area contributed by atoms with Crippen LogP contribution in [0, 0.1) is 0 Å². The van der Waals surface area contributed by atoms with Crippen LogP contribution in [0.25, 0.3) is 0 Å². The van der Waals surface area contributed by atoms with Gasteiger partial charge in [0.25, 0.3) is 0 Å². The van der Waals surface area contributed by atoms with Gasteiger partial charge >= 0.3 is 6.09 Å². The molecule has 1 amide bonds. The molecule has 0 aliphatic carbocycles. The minimum absolute atomic E-state index is 0.101. The fourth-order valence-corrected chi connectivity index (χ4v) is 2.26. The number of carbonyl (C=O) groups is 1. The highest BCUT2D eigenvalue weighted by molar-refractivity contribution is 9.10. The SMILES string of the molecule is CC(C)(C)OC(=O)Nc1cc(Cl)c2c(c1Br)OCO2. The fraction of sp³-hybridized carbons (Fsp3) is 0.417. The maximum atomic E-state index is 11.7. The molecule has 0 saturated carbocycles. The highest BCUT2D eigenvalue weighted by atomic mass is 79.9. The van der Waals surface area contributed by atoms with Gasteiger partial charge in [0, 0.05) is 0 Å². The van der Waals surface area contributed by atoms with Gasteiger partial charge in [0.2, 0.25) is 6.79 Å². The zero-order chi connectivity index (χ0) is 14.2. The van der Waals surface area contributed by atoms with Gasteiger partial charge in [0.1, 0.15) is 5.60 Å². The second kappa shape index (κ2) is 5.09. The molecule has 0 atom stereocenters. The molecule has 7 heteroatoms. The summed E-state index contributed by atoms with van der Waals surface area (Å²) in [5.74, 6) is 0.932. The molecule has 0 saturated heterocycles. The Morgan fingerprint density at radius 3 is 2.68 bits per heavy atom. The van der Waals surface area contributed by atoms with Gasteiger partial charge in [-0.15, -0.1) is 0 Å². The van der Waals surface area contributed by atoms with Gasteiger partial charge in [-0.2, -0.15) is 0 Å². The molecule has 0 unspecified atom stereocenters. The number of hydrogen-bond acceptors (Lipinski definition) is 4. The molecule has 0 radical (unpaired) electrons. The molecule has 0 aromatic heterocycles. The molecule has 1 heterocycles. The molecule has 0 spiro atoms. The largest absolute Gasteiger partial charge is 0.452 e. The predicted molar refractivity (Wildman–Crippen MR) is 75.1 cm³/mol. The number of carbonyl (C=O) groups excluding carboxylic acids is 1. The van der Waals surface area contributed by atoms with E-state index in [1.165, 1.54) is 0 Å². The number of amides is 1. The van der Waals surface area contributed by atoms with Crippen molar-refractivity contribution in [3.8, 4) is 11.5 Å². The number of fused-ring (bicyclic) bond motifs is 1. The minimum Gasteiger partial charge on any atom is -0.452 e. The van der Waals surface area contributed by atoms with E-state index in [0.29, 0.717) is 26.7 Å². The van der Waals surface area contributed by atoms with E-state index in [-0.39, 0.29) is 6.79 Å². The Labute approximate surface area is 124 Å². The van der Waals surface area contributed by atoms with Crippen LogP contribution in [0.2, 0.25) is 5.02 Å². The molecule has 19 heavy (non-hydrogen) atoms. The van der Waals surface area contributed by atoms with E-state index in [1.54, 1.807) is 26.8 Å². The molecule has 0 bridgehead atoms. The first kappa shape index (κ1) is 14.3.